The van der Waals surface area contributed by atoms with E-state index >= 15 is 0 Å². The molecule has 0 saturated carbocycles. The number of aromatic amines is 1. The molecule has 0 aliphatic rings. The number of carbonyl (C=O) groups excluding carboxylic acids is 2. The largest absolute Gasteiger partial charge is 0.451 e. The van der Waals surface area contributed by atoms with Crippen molar-refractivity contribution in [3.05, 3.63) is 58.6 Å². The van der Waals surface area contributed by atoms with Gasteiger partial charge in [-0.3, -0.25) is 4.79 Å². The number of carbonyl (C=O) groups is 2. The van der Waals surface area contributed by atoms with Crippen LogP contribution in [0.25, 0.3) is 0 Å². The van der Waals surface area contributed by atoms with E-state index < -0.39 is 24.3 Å². The summed E-state index contributed by atoms with van der Waals surface area (Å²) in [5.41, 5.74) is 0.509. The summed E-state index contributed by atoms with van der Waals surface area (Å²) < 4.78 is 18.1. The van der Waals surface area contributed by atoms with Crippen molar-refractivity contribution < 1.29 is 18.7 Å². The van der Waals surface area contributed by atoms with Gasteiger partial charge < -0.3 is 15.0 Å². The molecule has 2 aromatic rings. The Morgan fingerprint density at radius 3 is 2.76 bits per heavy atom. The van der Waals surface area contributed by atoms with E-state index in [1.807, 2.05) is 0 Å². The van der Waals surface area contributed by atoms with Crippen LogP contribution in [0.3, 0.4) is 0 Å². The first-order chi connectivity index (χ1) is 10.1. The normalized spacial score (nSPS) is 10.2. The van der Waals surface area contributed by atoms with Crippen LogP contribution in [0.1, 0.15) is 16.1 Å². The zero-order valence-corrected chi connectivity index (χ0v) is 11.6. The van der Waals surface area contributed by atoms with Crippen molar-refractivity contribution >= 4 is 23.5 Å². The lowest BCUT2D eigenvalue weighted by Crippen LogP contribution is -2.28. The van der Waals surface area contributed by atoms with Crippen LogP contribution in [-0.2, 0) is 16.1 Å². The van der Waals surface area contributed by atoms with E-state index in [1.54, 1.807) is 18.2 Å². The Labute approximate surface area is 125 Å². The number of nitrogens with one attached hydrogen (secondary N) is 2. The fourth-order valence-corrected chi connectivity index (χ4v) is 1.74. The molecule has 110 valence electrons. The number of aromatic nitrogens is 1. The molecule has 0 radical (unpaired) electrons. The summed E-state index contributed by atoms with van der Waals surface area (Å²) in [6.45, 7) is -0.429. The smallest absolute Gasteiger partial charge is 0.355 e. The van der Waals surface area contributed by atoms with E-state index in [2.05, 4.69) is 10.3 Å². The Balaban J connectivity index is 1.78. The number of halogens is 2. The van der Waals surface area contributed by atoms with Crippen LogP contribution in [0, 0.1) is 5.82 Å². The van der Waals surface area contributed by atoms with Gasteiger partial charge in [-0.1, -0.05) is 29.8 Å². The van der Waals surface area contributed by atoms with Crippen LogP contribution in [0.5, 0.6) is 0 Å². The number of H-pyrrole nitrogens is 1. The summed E-state index contributed by atoms with van der Waals surface area (Å²) in [7, 11) is 0. The van der Waals surface area contributed by atoms with Crippen molar-refractivity contribution in [3.63, 3.8) is 0 Å². The molecule has 5 nitrogen and oxygen atoms in total. The highest BCUT2D eigenvalue weighted by atomic mass is 35.5. The number of benzene rings is 1. The van der Waals surface area contributed by atoms with Gasteiger partial charge in [0.2, 0.25) is 0 Å². The van der Waals surface area contributed by atoms with Gasteiger partial charge in [0.05, 0.1) is 5.02 Å². The summed E-state index contributed by atoms with van der Waals surface area (Å²) in [6.07, 6.45) is 1.43. The van der Waals surface area contributed by atoms with Crippen molar-refractivity contribution in [1.29, 1.82) is 0 Å². The zero-order valence-electron chi connectivity index (χ0n) is 10.9. The predicted molar refractivity (Wildman–Crippen MR) is 74.3 cm³/mol. The first-order valence-electron chi connectivity index (χ1n) is 6.07. The van der Waals surface area contributed by atoms with Crippen LogP contribution in [0.2, 0.25) is 5.02 Å². The van der Waals surface area contributed by atoms with Crippen molar-refractivity contribution in [3.8, 4) is 0 Å². The Hall–Kier alpha value is -2.34. The second kappa shape index (κ2) is 6.90. The molecule has 2 rings (SSSR count). The third-order valence-electron chi connectivity index (χ3n) is 2.64. The van der Waals surface area contributed by atoms with E-state index in [9.17, 15) is 14.0 Å². The highest BCUT2D eigenvalue weighted by molar-refractivity contribution is 6.30. The number of rotatable bonds is 5. The minimum atomic E-state index is -0.692. The van der Waals surface area contributed by atoms with Crippen molar-refractivity contribution in [2.24, 2.45) is 0 Å². The summed E-state index contributed by atoms with van der Waals surface area (Å²) in [4.78, 5) is 25.7. The van der Waals surface area contributed by atoms with Crippen LogP contribution < -0.4 is 5.32 Å². The molecule has 0 bridgehead atoms. The van der Waals surface area contributed by atoms with Gasteiger partial charge in [-0.2, -0.15) is 0 Å². The number of esters is 1. The summed E-state index contributed by atoms with van der Waals surface area (Å²) in [6, 6.07) is 7.48. The molecular weight excluding hydrogens is 299 g/mol. The standard InChI is InChI=1S/C14H12ClFN2O3/c15-10-5-12(17-7-10)14(20)21-8-13(19)18-6-9-3-1-2-4-11(9)16/h1-5,7,17H,6,8H2,(H,18,19). The summed E-state index contributed by atoms with van der Waals surface area (Å²) in [5.74, 6) is -1.62. The Kier molecular flexibility index (Phi) is 4.94. The average Bonchev–Trinajstić information content (AvgIpc) is 2.90. The highest BCUT2D eigenvalue weighted by Gasteiger charge is 2.12. The lowest BCUT2D eigenvalue weighted by atomic mass is 10.2. The van der Waals surface area contributed by atoms with E-state index in [-0.39, 0.29) is 12.2 Å². The molecular formula is C14H12ClFN2O3. The van der Waals surface area contributed by atoms with Gasteiger partial charge in [-0.05, 0) is 12.1 Å². The van der Waals surface area contributed by atoms with Gasteiger partial charge in [0.25, 0.3) is 5.91 Å². The van der Waals surface area contributed by atoms with Crippen molar-refractivity contribution in [1.82, 2.24) is 10.3 Å². The molecule has 0 saturated heterocycles. The molecule has 1 aromatic carbocycles. The van der Waals surface area contributed by atoms with Crippen molar-refractivity contribution in [2.75, 3.05) is 6.61 Å². The van der Waals surface area contributed by atoms with E-state index in [4.69, 9.17) is 16.3 Å². The quantitative estimate of drug-likeness (QED) is 0.832. The molecule has 0 aliphatic heterocycles. The first-order valence-corrected chi connectivity index (χ1v) is 6.45. The molecule has 0 aliphatic carbocycles. The summed E-state index contributed by atoms with van der Waals surface area (Å²) in [5, 5.41) is 2.83. The Bertz CT molecular complexity index is 657. The molecule has 1 heterocycles. The Morgan fingerprint density at radius 2 is 2.10 bits per heavy atom. The molecule has 1 amide bonds. The van der Waals surface area contributed by atoms with Gasteiger partial charge in [-0.25, -0.2) is 9.18 Å². The second-order valence-electron chi connectivity index (χ2n) is 4.18. The van der Waals surface area contributed by atoms with Gasteiger partial charge in [0.15, 0.2) is 6.61 Å². The second-order valence-corrected chi connectivity index (χ2v) is 4.61. The molecule has 0 unspecified atom stereocenters. The highest BCUT2D eigenvalue weighted by Crippen LogP contribution is 2.10. The summed E-state index contributed by atoms with van der Waals surface area (Å²) >= 11 is 5.65. The molecule has 2 N–H and O–H groups in total. The van der Waals surface area contributed by atoms with E-state index in [1.165, 1.54) is 18.3 Å². The fraction of sp³-hybridized carbons (Fsp3) is 0.143. The monoisotopic (exact) mass is 310 g/mol. The molecule has 21 heavy (non-hydrogen) atoms. The van der Waals surface area contributed by atoms with Crippen LogP contribution in [0.15, 0.2) is 36.5 Å². The van der Waals surface area contributed by atoms with Crippen LogP contribution in [0.4, 0.5) is 4.39 Å². The SMILES string of the molecule is O=C(COC(=O)c1cc(Cl)c[nH]1)NCc1ccccc1F. The third kappa shape index (κ3) is 4.32. The zero-order chi connectivity index (χ0) is 15.2. The van der Waals surface area contributed by atoms with Crippen molar-refractivity contribution in [2.45, 2.75) is 6.54 Å². The van der Waals surface area contributed by atoms with Crippen LogP contribution >= 0.6 is 11.6 Å². The molecule has 0 spiro atoms. The van der Waals surface area contributed by atoms with Gasteiger partial charge in [0.1, 0.15) is 11.5 Å². The number of amides is 1. The first kappa shape index (κ1) is 15.1. The van der Waals surface area contributed by atoms with Gasteiger partial charge >= 0.3 is 5.97 Å². The van der Waals surface area contributed by atoms with E-state index in [0.717, 1.165) is 0 Å². The molecule has 7 heteroatoms. The maximum absolute atomic E-state index is 13.3. The lowest BCUT2D eigenvalue weighted by Gasteiger charge is -2.06. The molecule has 0 atom stereocenters. The number of hydrogen-bond acceptors (Lipinski definition) is 3. The van der Waals surface area contributed by atoms with E-state index in [0.29, 0.717) is 10.6 Å². The molecule has 0 fully saturated rings. The van der Waals surface area contributed by atoms with Crippen LogP contribution in [-0.4, -0.2) is 23.5 Å². The predicted octanol–water partition coefficient (Wildman–Crippen LogP) is 2.28. The third-order valence-corrected chi connectivity index (χ3v) is 2.85. The minimum Gasteiger partial charge on any atom is -0.451 e. The maximum Gasteiger partial charge on any atom is 0.355 e. The average molecular weight is 311 g/mol. The van der Waals surface area contributed by atoms with Gasteiger partial charge in [-0.15, -0.1) is 0 Å². The Morgan fingerprint density at radius 1 is 1.33 bits per heavy atom. The fourth-order valence-electron chi connectivity index (χ4n) is 1.58. The number of hydrogen-bond donors (Lipinski definition) is 2. The topological polar surface area (TPSA) is 71.2 Å². The minimum absolute atomic E-state index is 0.0252. The maximum atomic E-state index is 13.3. The number of ether oxygens (including phenoxy) is 1. The van der Waals surface area contributed by atoms with Gasteiger partial charge in [0, 0.05) is 18.3 Å². The lowest BCUT2D eigenvalue weighted by molar-refractivity contribution is -0.124. The molecule has 1 aromatic heterocycles.